The molecule has 0 aliphatic rings. The highest BCUT2D eigenvalue weighted by molar-refractivity contribution is 6.30. The van der Waals surface area contributed by atoms with Crippen molar-refractivity contribution in [1.29, 1.82) is 0 Å². The molecule has 0 atom stereocenters. The lowest BCUT2D eigenvalue weighted by Crippen LogP contribution is -1.95. The van der Waals surface area contributed by atoms with Crippen LogP contribution >= 0.6 is 11.6 Å². The van der Waals surface area contributed by atoms with E-state index in [1.165, 1.54) is 0 Å². The van der Waals surface area contributed by atoms with Crippen LogP contribution in [0.5, 0.6) is 0 Å². The minimum atomic E-state index is 0.407. The van der Waals surface area contributed by atoms with Gasteiger partial charge >= 0.3 is 0 Å². The largest absolute Gasteiger partial charge is 0.468 e. The number of hydrogen-bond donors (Lipinski definition) is 0. The van der Waals surface area contributed by atoms with Crippen LogP contribution in [0.2, 0.25) is 5.02 Å². The molecule has 3 heteroatoms. The number of ether oxygens (including phenoxy) is 1. The van der Waals surface area contributed by atoms with E-state index in [1.54, 1.807) is 0 Å². The fraction of sp³-hybridized carbons (Fsp3) is 0.222. The van der Waals surface area contributed by atoms with Gasteiger partial charge in [0.05, 0.1) is 6.61 Å². The second-order valence-electron chi connectivity index (χ2n) is 2.35. The molecule has 0 saturated carbocycles. The van der Waals surface area contributed by atoms with Crippen LogP contribution in [0.3, 0.4) is 0 Å². The van der Waals surface area contributed by atoms with Gasteiger partial charge in [-0.1, -0.05) is 23.7 Å². The van der Waals surface area contributed by atoms with Crippen LogP contribution in [0.4, 0.5) is 0 Å². The van der Waals surface area contributed by atoms with E-state index in [1.807, 2.05) is 24.3 Å². The molecule has 12 heavy (non-hydrogen) atoms. The van der Waals surface area contributed by atoms with E-state index in [2.05, 4.69) is 4.74 Å². The van der Waals surface area contributed by atoms with Crippen molar-refractivity contribution < 1.29 is 9.53 Å². The van der Waals surface area contributed by atoms with Crippen molar-refractivity contribution in [3.63, 3.8) is 0 Å². The van der Waals surface area contributed by atoms with Crippen molar-refractivity contribution in [3.05, 3.63) is 34.9 Å². The minimum Gasteiger partial charge on any atom is -0.468 e. The summed E-state index contributed by atoms with van der Waals surface area (Å²) < 4.78 is 4.55. The Hall–Kier alpha value is -1.02. The maximum Gasteiger partial charge on any atom is 0.293 e. The molecule has 0 amide bonds. The van der Waals surface area contributed by atoms with Crippen molar-refractivity contribution in [2.75, 3.05) is 6.61 Å². The summed E-state index contributed by atoms with van der Waals surface area (Å²) >= 11 is 5.75. The van der Waals surface area contributed by atoms with Crippen LogP contribution in [0, 0.1) is 0 Å². The number of hydrogen-bond acceptors (Lipinski definition) is 2. The molecular weight excluding hydrogens is 176 g/mol. The standard InChI is InChI=1S/C9H9ClO2/c10-9-3-1-2-8(6-9)4-5-12-7-11/h1-3,6-7H,4-5H2. The molecule has 0 radical (unpaired) electrons. The molecule has 0 fully saturated rings. The zero-order chi connectivity index (χ0) is 8.81. The molecule has 0 saturated heterocycles. The summed E-state index contributed by atoms with van der Waals surface area (Å²) in [5.74, 6) is 0. The van der Waals surface area contributed by atoms with Gasteiger partial charge in [0.15, 0.2) is 0 Å². The van der Waals surface area contributed by atoms with E-state index in [9.17, 15) is 4.79 Å². The fourth-order valence-electron chi connectivity index (χ4n) is 0.917. The second-order valence-corrected chi connectivity index (χ2v) is 2.78. The van der Waals surface area contributed by atoms with Gasteiger partial charge in [0.2, 0.25) is 0 Å². The predicted octanol–water partition coefficient (Wildman–Crippen LogP) is 2.06. The maximum absolute atomic E-state index is 9.81. The van der Waals surface area contributed by atoms with Gasteiger partial charge in [0.25, 0.3) is 6.47 Å². The van der Waals surface area contributed by atoms with Crippen LogP contribution in [0.1, 0.15) is 5.56 Å². The van der Waals surface area contributed by atoms with Gasteiger partial charge in [-0.3, -0.25) is 4.79 Å². The molecule has 0 unspecified atom stereocenters. The lowest BCUT2D eigenvalue weighted by Gasteiger charge is -1.99. The first-order valence-corrected chi connectivity index (χ1v) is 4.00. The molecule has 0 N–H and O–H groups in total. The quantitative estimate of drug-likeness (QED) is 0.529. The summed E-state index contributed by atoms with van der Waals surface area (Å²) in [5, 5.41) is 0.707. The SMILES string of the molecule is O=COCCc1cccc(Cl)c1. The maximum atomic E-state index is 9.81. The predicted molar refractivity (Wildman–Crippen MR) is 47.2 cm³/mol. The molecule has 2 nitrogen and oxygen atoms in total. The minimum absolute atomic E-state index is 0.407. The van der Waals surface area contributed by atoms with E-state index in [0.29, 0.717) is 24.5 Å². The molecule has 1 aromatic carbocycles. The number of benzene rings is 1. The van der Waals surface area contributed by atoms with Gasteiger partial charge in [-0.15, -0.1) is 0 Å². The number of carbonyl (C=O) groups is 1. The summed E-state index contributed by atoms with van der Waals surface area (Å²) in [5.41, 5.74) is 1.07. The molecule has 0 aromatic heterocycles. The molecule has 0 spiro atoms. The van der Waals surface area contributed by atoms with Crippen molar-refractivity contribution in [3.8, 4) is 0 Å². The summed E-state index contributed by atoms with van der Waals surface area (Å²) in [6.07, 6.45) is 0.708. The van der Waals surface area contributed by atoms with E-state index in [4.69, 9.17) is 11.6 Å². The third-order valence-corrected chi connectivity index (χ3v) is 1.70. The first kappa shape index (κ1) is 9.07. The molecule has 1 aromatic rings. The normalized spacial score (nSPS) is 9.42. The Labute approximate surface area is 76.1 Å². The Morgan fingerprint density at radius 1 is 1.50 bits per heavy atom. The highest BCUT2D eigenvalue weighted by atomic mass is 35.5. The van der Waals surface area contributed by atoms with Gasteiger partial charge in [-0.2, -0.15) is 0 Å². The van der Waals surface area contributed by atoms with Crippen molar-refractivity contribution in [2.45, 2.75) is 6.42 Å². The number of rotatable bonds is 4. The monoisotopic (exact) mass is 184 g/mol. The van der Waals surface area contributed by atoms with E-state index in [-0.39, 0.29) is 0 Å². The topological polar surface area (TPSA) is 26.3 Å². The van der Waals surface area contributed by atoms with Crippen LogP contribution in [0.15, 0.2) is 24.3 Å². The second kappa shape index (κ2) is 4.78. The van der Waals surface area contributed by atoms with Crippen LogP contribution in [-0.4, -0.2) is 13.1 Å². The molecular formula is C9H9ClO2. The molecule has 64 valence electrons. The van der Waals surface area contributed by atoms with E-state index in [0.717, 1.165) is 5.56 Å². The number of halogens is 1. The third-order valence-electron chi connectivity index (χ3n) is 1.47. The summed E-state index contributed by atoms with van der Waals surface area (Å²) in [4.78, 5) is 9.81. The molecule has 0 aliphatic heterocycles. The van der Waals surface area contributed by atoms with Gasteiger partial charge in [0.1, 0.15) is 0 Å². The van der Waals surface area contributed by atoms with E-state index < -0.39 is 0 Å². The smallest absolute Gasteiger partial charge is 0.293 e. The molecule has 1 rings (SSSR count). The Bertz CT molecular complexity index is 260. The first-order chi connectivity index (χ1) is 5.83. The Morgan fingerprint density at radius 3 is 3.00 bits per heavy atom. The van der Waals surface area contributed by atoms with Crippen LogP contribution in [-0.2, 0) is 16.0 Å². The fourth-order valence-corrected chi connectivity index (χ4v) is 1.13. The lowest BCUT2D eigenvalue weighted by molar-refractivity contribution is -0.128. The van der Waals surface area contributed by atoms with E-state index >= 15 is 0 Å². The zero-order valence-corrected chi connectivity index (χ0v) is 7.25. The highest BCUT2D eigenvalue weighted by Gasteiger charge is 1.93. The van der Waals surface area contributed by atoms with Gasteiger partial charge < -0.3 is 4.74 Å². The lowest BCUT2D eigenvalue weighted by atomic mass is 10.2. The third kappa shape index (κ3) is 2.93. The molecule has 0 heterocycles. The summed E-state index contributed by atoms with van der Waals surface area (Å²) in [6, 6.07) is 7.49. The number of carbonyl (C=O) groups excluding carboxylic acids is 1. The highest BCUT2D eigenvalue weighted by Crippen LogP contribution is 2.10. The average molecular weight is 185 g/mol. The Kier molecular flexibility index (Phi) is 3.61. The van der Waals surface area contributed by atoms with Crippen LogP contribution < -0.4 is 0 Å². The summed E-state index contributed by atoms with van der Waals surface area (Å²) in [7, 11) is 0. The molecule has 0 aliphatic carbocycles. The zero-order valence-electron chi connectivity index (χ0n) is 6.50. The molecule has 0 bridgehead atoms. The van der Waals surface area contributed by atoms with Crippen molar-refractivity contribution >= 4 is 18.1 Å². The Morgan fingerprint density at radius 2 is 2.33 bits per heavy atom. The van der Waals surface area contributed by atoms with Crippen LogP contribution in [0.25, 0.3) is 0 Å². The van der Waals surface area contributed by atoms with Gasteiger partial charge in [-0.05, 0) is 17.7 Å². The Balaban J connectivity index is 2.46. The van der Waals surface area contributed by atoms with Gasteiger partial charge in [0, 0.05) is 11.4 Å². The van der Waals surface area contributed by atoms with Crippen molar-refractivity contribution in [1.82, 2.24) is 0 Å². The summed E-state index contributed by atoms with van der Waals surface area (Å²) in [6.45, 7) is 0.856. The average Bonchev–Trinajstić information content (AvgIpc) is 2.05. The van der Waals surface area contributed by atoms with Gasteiger partial charge in [-0.25, -0.2) is 0 Å². The first-order valence-electron chi connectivity index (χ1n) is 3.62. The van der Waals surface area contributed by atoms with Crippen molar-refractivity contribution in [2.24, 2.45) is 0 Å².